The van der Waals surface area contributed by atoms with E-state index in [2.05, 4.69) is 24.1 Å². The van der Waals surface area contributed by atoms with E-state index < -0.39 is 0 Å². The second kappa shape index (κ2) is 3.35. The van der Waals surface area contributed by atoms with Gasteiger partial charge in [0.25, 0.3) is 0 Å². The minimum Gasteiger partial charge on any atom is -0.315 e. The Kier molecular flexibility index (Phi) is 2.37. The first-order valence-corrected chi connectivity index (χ1v) is 5.29. The van der Waals surface area contributed by atoms with Gasteiger partial charge in [0.05, 0.1) is 0 Å². The van der Waals surface area contributed by atoms with Crippen LogP contribution >= 0.6 is 0 Å². The van der Waals surface area contributed by atoms with Crippen molar-refractivity contribution in [3.63, 3.8) is 0 Å². The van der Waals surface area contributed by atoms with Gasteiger partial charge in [0, 0.05) is 18.6 Å². The number of likely N-dealkylation sites (tertiary alicyclic amines) is 1. The van der Waals surface area contributed by atoms with Crippen LogP contribution in [0.4, 0.5) is 0 Å². The highest BCUT2D eigenvalue weighted by Gasteiger charge is 2.38. The zero-order chi connectivity index (χ0) is 8.55. The normalized spacial score (nSPS) is 38.5. The van der Waals surface area contributed by atoms with Crippen molar-refractivity contribution in [1.29, 1.82) is 0 Å². The van der Waals surface area contributed by atoms with Crippen molar-refractivity contribution in [1.82, 2.24) is 10.2 Å². The van der Waals surface area contributed by atoms with Crippen LogP contribution in [-0.4, -0.2) is 36.6 Å². The molecule has 0 spiro atoms. The summed E-state index contributed by atoms with van der Waals surface area (Å²) in [5.41, 5.74) is 0. The summed E-state index contributed by atoms with van der Waals surface area (Å²) in [6.07, 6.45) is 2.71. The molecular formula is C10H20N2. The van der Waals surface area contributed by atoms with Crippen LogP contribution < -0.4 is 5.32 Å². The van der Waals surface area contributed by atoms with Gasteiger partial charge in [-0.05, 0) is 38.8 Å². The van der Waals surface area contributed by atoms with E-state index in [1.165, 1.54) is 32.5 Å². The van der Waals surface area contributed by atoms with Crippen molar-refractivity contribution in [3.05, 3.63) is 0 Å². The van der Waals surface area contributed by atoms with Crippen molar-refractivity contribution < 1.29 is 0 Å². The Morgan fingerprint density at radius 1 is 1.50 bits per heavy atom. The highest BCUT2D eigenvalue weighted by atomic mass is 15.2. The molecule has 70 valence electrons. The lowest BCUT2D eigenvalue weighted by Crippen LogP contribution is -2.40. The highest BCUT2D eigenvalue weighted by molar-refractivity contribution is 4.95. The summed E-state index contributed by atoms with van der Waals surface area (Å²) in [6, 6.07) is 1.65. The summed E-state index contributed by atoms with van der Waals surface area (Å²) in [5.74, 6) is 0.957. The molecule has 2 nitrogen and oxygen atoms in total. The number of nitrogens with zero attached hydrogens (tertiary/aromatic N) is 1. The molecular weight excluding hydrogens is 148 g/mol. The van der Waals surface area contributed by atoms with Crippen molar-refractivity contribution in [2.75, 3.05) is 19.6 Å². The van der Waals surface area contributed by atoms with Crippen LogP contribution in [0.15, 0.2) is 0 Å². The van der Waals surface area contributed by atoms with Gasteiger partial charge in [0.15, 0.2) is 0 Å². The molecule has 0 bridgehead atoms. The predicted molar refractivity (Wildman–Crippen MR) is 51.2 cm³/mol. The molecule has 2 heteroatoms. The molecule has 2 fully saturated rings. The molecule has 2 aliphatic heterocycles. The number of fused-ring (bicyclic) bond motifs is 1. The van der Waals surface area contributed by atoms with Gasteiger partial charge < -0.3 is 5.32 Å². The lowest BCUT2D eigenvalue weighted by molar-refractivity contribution is 0.186. The van der Waals surface area contributed by atoms with Crippen LogP contribution in [0.5, 0.6) is 0 Å². The second-order valence-corrected chi connectivity index (χ2v) is 4.27. The summed E-state index contributed by atoms with van der Waals surface area (Å²) in [5, 5.41) is 3.49. The molecule has 2 saturated heterocycles. The Bertz CT molecular complexity index is 158. The first-order chi connectivity index (χ1) is 5.83. The van der Waals surface area contributed by atoms with E-state index in [1.54, 1.807) is 0 Å². The van der Waals surface area contributed by atoms with Gasteiger partial charge in [-0.3, -0.25) is 4.90 Å². The molecule has 2 heterocycles. The third kappa shape index (κ3) is 1.27. The molecule has 0 aromatic carbocycles. The average molecular weight is 168 g/mol. The van der Waals surface area contributed by atoms with Crippen LogP contribution in [0.2, 0.25) is 0 Å². The van der Waals surface area contributed by atoms with E-state index in [0.717, 1.165) is 18.0 Å². The predicted octanol–water partition coefficient (Wildman–Crippen LogP) is 1.08. The number of hydrogen-bond acceptors (Lipinski definition) is 2. The number of hydrogen-bond donors (Lipinski definition) is 1. The molecule has 2 rings (SSSR count). The lowest BCUT2D eigenvalue weighted by Gasteiger charge is -2.28. The van der Waals surface area contributed by atoms with Gasteiger partial charge in [-0.1, -0.05) is 6.92 Å². The van der Waals surface area contributed by atoms with Crippen LogP contribution in [0.1, 0.15) is 26.7 Å². The van der Waals surface area contributed by atoms with Gasteiger partial charge >= 0.3 is 0 Å². The Balaban J connectivity index is 1.99. The summed E-state index contributed by atoms with van der Waals surface area (Å²) in [7, 11) is 0. The molecule has 0 amide bonds. The second-order valence-electron chi connectivity index (χ2n) is 4.27. The van der Waals surface area contributed by atoms with Crippen molar-refractivity contribution in [2.24, 2.45) is 5.92 Å². The first kappa shape index (κ1) is 8.52. The van der Waals surface area contributed by atoms with Gasteiger partial charge in [-0.2, -0.15) is 0 Å². The Morgan fingerprint density at radius 2 is 2.33 bits per heavy atom. The van der Waals surface area contributed by atoms with Gasteiger partial charge in [0.2, 0.25) is 0 Å². The fourth-order valence-electron chi connectivity index (χ4n) is 2.66. The smallest absolute Gasteiger partial charge is 0.0264 e. The SMILES string of the molecule is CCC(C)N1CC[C@@H]2CNC[C@@H]21. The van der Waals surface area contributed by atoms with E-state index in [-0.39, 0.29) is 0 Å². The third-order valence-corrected chi connectivity index (χ3v) is 3.65. The van der Waals surface area contributed by atoms with E-state index in [0.29, 0.717) is 0 Å². The molecule has 0 aliphatic carbocycles. The molecule has 2 aliphatic rings. The minimum atomic E-state index is 0.792. The summed E-state index contributed by atoms with van der Waals surface area (Å²) >= 11 is 0. The van der Waals surface area contributed by atoms with Crippen molar-refractivity contribution in [3.8, 4) is 0 Å². The van der Waals surface area contributed by atoms with E-state index >= 15 is 0 Å². The van der Waals surface area contributed by atoms with Crippen LogP contribution in [0.25, 0.3) is 0 Å². The molecule has 12 heavy (non-hydrogen) atoms. The Labute approximate surface area is 75.3 Å². The summed E-state index contributed by atoms with van der Waals surface area (Å²) in [4.78, 5) is 2.70. The molecule has 3 atom stereocenters. The molecule has 0 aromatic heterocycles. The van der Waals surface area contributed by atoms with E-state index in [1.807, 2.05) is 0 Å². The first-order valence-electron chi connectivity index (χ1n) is 5.29. The largest absolute Gasteiger partial charge is 0.315 e. The maximum atomic E-state index is 3.49. The average Bonchev–Trinajstić information content (AvgIpc) is 2.62. The molecule has 0 aromatic rings. The van der Waals surface area contributed by atoms with Crippen LogP contribution in [0.3, 0.4) is 0 Å². The van der Waals surface area contributed by atoms with Gasteiger partial charge in [0.1, 0.15) is 0 Å². The zero-order valence-corrected chi connectivity index (χ0v) is 8.21. The summed E-state index contributed by atoms with van der Waals surface area (Å²) in [6.45, 7) is 8.49. The fourth-order valence-corrected chi connectivity index (χ4v) is 2.66. The number of rotatable bonds is 2. The van der Waals surface area contributed by atoms with Gasteiger partial charge in [-0.15, -0.1) is 0 Å². The van der Waals surface area contributed by atoms with Gasteiger partial charge in [-0.25, -0.2) is 0 Å². The fraction of sp³-hybridized carbons (Fsp3) is 1.00. The quantitative estimate of drug-likeness (QED) is 0.663. The minimum absolute atomic E-state index is 0.792. The highest BCUT2D eigenvalue weighted by Crippen LogP contribution is 2.29. The Hall–Kier alpha value is -0.0800. The number of nitrogens with one attached hydrogen (secondary N) is 1. The van der Waals surface area contributed by atoms with E-state index in [9.17, 15) is 0 Å². The monoisotopic (exact) mass is 168 g/mol. The van der Waals surface area contributed by atoms with Crippen molar-refractivity contribution in [2.45, 2.75) is 38.8 Å². The lowest BCUT2D eigenvalue weighted by atomic mass is 10.0. The maximum absolute atomic E-state index is 3.49. The molecule has 1 N–H and O–H groups in total. The molecule has 0 radical (unpaired) electrons. The standard InChI is InChI=1S/C10H20N2/c1-3-8(2)12-5-4-9-6-11-7-10(9)12/h8-11H,3-7H2,1-2H3/t8?,9-,10+/m1/s1. The maximum Gasteiger partial charge on any atom is 0.0264 e. The van der Waals surface area contributed by atoms with Crippen LogP contribution in [0, 0.1) is 5.92 Å². The zero-order valence-electron chi connectivity index (χ0n) is 8.21. The molecule has 1 unspecified atom stereocenters. The summed E-state index contributed by atoms with van der Waals surface area (Å²) < 4.78 is 0. The third-order valence-electron chi connectivity index (χ3n) is 3.65. The molecule has 0 saturated carbocycles. The Morgan fingerprint density at radius 3 is 3.08 bits per heavy atom. The topological polar surface area (TPSA) is 15.3 Å². The van der Waals surface area contributed by atoms with Crippen LogP contribution in [-0.2, 0) is 0 Å². The van der Waals surface area contributed by atoms with Crippen molar-refractivity contribution >= 4 is 0 Å². The van der Waals surface area contributed by atoms with E-state index in [4.69, 9.17) is 0 Å².